The van der Waals surface area contributed by atoms with Crippen LogP contribution in [0, 0.1) is 0 Å². The Morgan fingerprint density at radius 3 is 2.62 bits per heavy atom. The normalized spacial score (nSPS) is 16.5. The quantitative estimate of drug-likeness (QED) is 0.845. The summed E-state index contributed by atoms with van der Waals surface area (Å²) >= 11 is 0. The predicted molar refractivity (Wildman–Crippen MR) is 95.7 cm³/mol. The summed E-state index contributed by atoms with van der Waals surface area (Å²) < 4.78 is 27.1. The van der Waals surface area contributed by atoms with Gasteiger partial charge in [0.05, 0.1) is 11.7 Å². The predicted octanol–water partition coefficient (Wildman–Crippen LogP) is 3.12. The molecule has 3 rings (SSSR count). The molecule has 1 amide bonds. The number of nitrogens with one attached hydrogen (secondary N) is 2. The lowest BCUT2D eigenvalue weighted by Gasteiger charge is -2.10. The molecule has 2 aromatic carbocycles. The van der Waals surface area contributed by atoms with E-state index in [-0.39, 0.29) is 17.6 Å². The molecule has 0 fully saturated rings. The van der Waals surface area contributed by atoms with Crippen molar-refractivity contribution in [3.63, 3.8) is 0 Å². The van der Waals surface area contributed by atoms with Gasteiger partial charge in [-0.25, -0.2) is 8.42 Å². The second-order valence-electron chi connectivity index (χ2n) is 6.02. The van der Waals surface area contributed by atoms with Crippen LogP contribution >= 0.6 is 0 Å². The highest BCUT2D eigenvalue weighted by Gasteiger charge is 2.26. The van der Waals surface area contributed by atoms with Crippen molar-refractivity contribution < 1.29 is 13.2 Å². The van der Waals surface area contributed by atoms with Gasteiger partial charge in [0.25, 0.3) is 0 Å². The molecule has 24 heavy (non-hydrogen) atoms. The lowest BCUT2D eigenvalue weighted by molar-refractivity contribution is -0.116. The summed E-state index contributed by atoms with van der Waals surface area (Å²) in [7, 11) is -3.41. The van der Waals surface area contributed by atoms with Crippen LogP contribution in [0.2, 0.25) is 0 Å². The summed E-state index contributed by atoms with van der Waals surface area (Å²) in [6.45, 7) is 1.80. The monoisotopic (exact) mass is 344 g/mol. The summed E-state index contributed by atoms with van der Waals surface area (Å²) in [5.41, 5.74) is 3.20. The zero-order chi connectivity index (χ0) is 17.2. The number of fused-ring (bicyclic) bond motifs is 1. The van der Waals surface area contributed by atoms with E-state index in [1.807, 2.05) is 30.3 Å². The standard InChI is InChI=1S/C18H20N2O3S/c1-13-16-12-15(9-10-17(16)19-18(13)21)20-24(22,23)11-5-8-14-6-3-2-4-7-14/h2-4,6-7,9-10,12-13,20H,5,8,11H2,1H3,(H,19,21). The largest absolute Gasteiger partial charge is 0.325 e. The van der Waals surface area contributed by atoms with Crippen molar-refractivity contribution in [3.8, 4) is 0 Å². The molecule has 2 aromatic rings. The van der Waals surface area contributed by atoms with Crippen molar-refractivity contribution in [2.24, 2.45) is 0 Å². The number of anilines is 2. The summed E-state index contributed by atoms with van der Waals surface area (Å²) in [6, 6.07) is 15.0. The molecule has 5 nitrogen and oxygen atoms in total. The maximum absolute atomic E-state index is 12.2. The third kappa shape index (κ3) is 3.76. The van der Waals surface area contributed by atoms with E-state index in [0.29, 0.717) is 12.1 Å². The van der Waals surface area contributed by atoms with Crippen LogP contribution < -0.4 is 10.0 Å². The number of sulfonamides is 1. The Balaban J connectivity index is 1.62. The lowest BCUT2D eigenvalue weighted by atomic mass is 10.0. The van der Waals surface area contributed by atoms with Gasteiger partial charge in [0.15, 0.2) is 0 Å². The molecule has 0 saturated heterocycles. The molecule has 1 unspecified atom stereocenters. The van der Waals surface area contributed by atoms with Crippen LogP contribution in [0.15, 0.2) is 48.5 Å². The first-order chi connectivity index (χ1) is 11.4. The van der Waals surface area contributed by atoms with Crippen molar-refractivity contribution in [1.82, 2.24) is 0 Å². The molecule has 0 bridgehead atoms. The first-order valence-corrected chi connectivity index (χ1v) is 9.59. The van der Waals surface area contributed by atoms with Crippen LogP contribution in [-0.2, 0) is 21.2 Å². The molecule has 126 valence electrons. The Hall–Kier alpha value is -2.34. The molecule has 1 aliphatic rings. The molecule has 0 spiro atoms. The van der Waals surface area contributed by atoms with E-state index in [2.05, 4.69) is 10.0 Å². The first-order valence-electron chi connectivity index (χ1n) is 7.94. The minimum atomic E-state index is -3.41. The van der Waals surface area contributed by atoms with Gasteiger partial charge < -0.3 is 5.32 Å². The number of carbonyl (C=O) groups is 1. The van der Waals surface area contributed by atoms with Crippen LogP contribution in [0.3, 0.4) is 0 Å². The Labute approximate surface area is 142 Å². The highest BCUT2D eigenvalue weighted by molar-refractivity contribution is 7.92. The SMILES string of the molecule is CC1C(=O)Nc2ccc(NS(=O)(=O)CCCc3ccccc3)cc21. The molecule has 0 radical (unpaired) electrons. The minimum absolute atomic E-state index is 0.0612. The summed E-state index contributed by atoms with van der Waals surface area (Å²) in [5, 5.41) is 2.77. The zero-order valence-electron chi connectivity index (χ0n) is 13.5. The zero-order valence-corrected chi connectivity index (χ0v) is 14.3. The molecule has 0 saturated carbocycles. The Morgan fingerprint density at radius 1 is 1.12 bits per heavy atom. The average molecular weight is 344 g/mol. The van der Waals surface area contributed by atoms with Crippen molar-refractivity contribution in [1.29, 1.82) is 0 Å². The highest BCUT2D eigenvalue weighted by Crippen LogP contribution is 2.34. The maximum Gasteiger partial charge on any atom is 0.232 e. The maximum atomic E-state index is 12.2. The van der Waals surface area contributed by atoms with E-state index >= 15 is 0 Å². The van der Waals surface area contributed by atoms with Gasteiger partial charge in [-0.3, -0.25) is 9.52 Å². The van der Waals surface area contributed by atoms with Crippen molar-refractivity contribution >= 4 is 27.3 Å². The van der Waals surface area contributed by atoms with Crippen LogP contribution in [0.1, 0.15) is 30.4 Å². The van der Waals surface area contributed by atoms with Gasteiger partial charge in [0.2, 0.25) is 15.9 Å². The van der Waals surface area contributed by atoms with E-state index in [1.165, 1.54) is 0 Å². The minimum Gasteiger partial charge on any atom is -0.325 e. The van der Waals surface area contributed by atoms with E-state index in [4.69, 9.17) is 0 Å². The van der Waals surface area contributed by atoms with Gasteiger partial charge in [0.1, 0.15) is 0 Å². The van der Waals surface area contributed by atoms with E-state index in [1.54, 1.807) is 25.1 Å². The first kappa shape index (κ1) is 16.5. The number of carbonyl (C=O) groups excluding carboxylic acids is 1. The van der Waals surface area contributed by atoms with Crippen LogP contribution in [0.25, 0.3) is 0 Å². The fraction of sp³-hybridized carbons (Fsp3) is 0.278. The topological polar surface area (TPSA) is 75.3 Å². The number of benzene rings is 2. The fourth-order valence-electron chi connectivity index (χ4n) is 2.82. The van der Waals surface area contributed by atoms with Gasteiger partial charge in [-0.2, -0.15) is 0 Å². The van der Waals surface area contributed by atoms with E-state index < -0.39 is 10.0 Å². The van der Waals surface area contributed by atoms with Gasteiger partial charge in [-0.05, 0) is 49.1 Å². The molecule has 6 heteroatoms. The molecule has 1 heterocycles. The highest BCUT2D eigenvalue weighted by atomic mass is 32.2. The Morgan fingerprint density at radius 2 is 1.88 bits per heavy atom. The van der Waals surface area contributed by atoms with Gasteiger partial charge in [-0.15, -0.1) is 0 Å². The number of amides is 1. The molecular formula is C18H20N2O3S. The molecule has 1 atom stereocenters. The lowest BCUT2D eigenvalue weighted by Crippen LogP contribution is -2.17. The number of hydrogen-bond donors (Lipinski definition) is 2. The van der Waals surface area contributed by atoms with E-state index in [0.717, 1.165) is 23.2 Å². The van der Waals surface area contributed by atoms with E-state index in [9.17, 15) is 13.2 Å². The van der Waals surface area contributed by atoms with Gasteiger partial charge in [0, 0.05) is 11.4 Å². The number of hydrogen-bond acceptors (Lipinski definition) is 3. The Kier molecular flexibility index (Phi) is 4.57. The molecule has 1 aliphatic heterocycles. The fourth-order valence-corrected chi connectivity index (χ4v) is 3.93. The third-order valence-electron chi connectivity index (χ3n) is 4.16. The number of aryl methyl sites for hydroxylation is 1. The molecule has 2 N–H and O–H groups in total. The average Bonchev–Trinajstić information content (AvgIpc) is 2.83. The molecule has 0 aromatic heterocycles. The number of rotatable bonds is 6. The van der Waals surface area contributed by atoms with Crippen LogP contribution in [-0.4, -0.2) is 20.1 Å². The second kappa shape index (κ2) is 6.65. The smallest absolute Gasteiger partial charge is 0.232 e. The summed E-state index contributed by atoms with van der Waals surface area (Å²) in [4.78, 5) is 11.7. The Bertz CT molecular complexity index is 848. The van der Waals surface area contributed by atoms with Crippen molar-refractivity contribution in [2.75, 3.05) is 15.8 Å². The van der Waals surface area contributed by atoms with Gasteiger partial charge >= 0.3 is 0 Å². The molecule has 0 aliphatic carbocycles. The van der Waals surface area contributed by atoms with Crippen molar-refractivity contribution in [3.05, 3.63) is 59.7 Å². The molecular weight excluding hydrogens is 324 g/mol. The third-order valence-corrected chi connectivity index (χ3v) is 5.54. The van der Waals surface area contributed by atoms with Crippen molar-refractivity contribution in [2.45, 2.75) is 25.7 Å². The van der Waals surface area contributed by atoms with Crippen LogP contribution in [0.4, 0.5) is 11.4 Å². The van der Waals surface area contributed by atoms with Crippen LogP contribution in [0.5, 0.6) is 0 Å². The van der Waals surface area contributed by atoms with Gasteiger partial charge in [-0.1, -0.05) is 30.3 Å². The summed E-state index contributed by atoms with van der Waals surface area (Å²) in [5.74, 6) is -0.262. The summed E-state index contributed by atoms with van der Waals surface area (Å²) in [6.07, 6.45) is 1.28. The second-order valence-corrected chi connectivity index (χ2v) is 7.86.